The molecule has 1 aromatic heterocycles. The molecule has 52 heavy (non-hydrogen) atoms. The van der Waals surface area contributed by atoms with Gasteiger partial charge in [0.05, 0.1) is 46.0 Å². The third-order valence-electron chi connectivity index (χ3n) is 8.51. The van der Waals surface area contributed by atoms with Crippen molar-refractivity contribution >= 4 is 51.5 Å². The summed E-state index contributed by atoms with van der Waals surface area (Å²) >= 11 is 1.13. The fourth-order valence-electron chi connectivity index (χ4n) is 6.09. The summed E-state index contributed by atoms with van der Waals surface area (Å²) < 4.78 is 18.7. The minimum Gasteiger partial charge on any atom is -0.497 e. The number of rotatable bonds is 9. The molecule has 0 amide bonds. The topological polar surface area (TPSA) is 139 Å². The van der Waals surface area contributed by atoms with Crippen LogP contribution in [-0.2, 0) is 9.53 Å². The maximum Gasteiger partial charge on any atom is 0.343 e. The molecule has 1 atom stereocenters. The van der Waals surface area contributed by atoms with Crippen LogP contribution in [0.1, 0.15) is 40.0 Å². The number of benzene rings is 5. The van der Waals surface area contributed by atoms with Gasteiger partial charge in [0, 0.05) is 23.3 Å². The molecule has 0 radical (unpaired) electrons. The minimum atomic E-state index is -0.922. The number of methoxy groups -OCH3 is 1. The number of hydrogen-bond acceptors (Lipinski definition) is 10. The first-order valence-corrected chi connectivity index (χ1v) is 17.0. The van der Waals surface area contributed by atoms with Crippen LogP contribution in [0.3, 0.4) is 0 Å². The lowest BCUT2D eigenvalue weighted by Gasteiger charge is -2.26. The Morgan fingerprint density at radius 1 is 0.923 bits per heavy atom. The summed E-state index contributed by atoms with van der Waals surface area (Å²) in [7, 11) is 1.54. The van der Waals surface area contributed by atoms with Gasteiger partial charge in [-0.1, -0.05) is 84.1 Å². The number of nitrogens with zero attached hydrogens (tertiary/aromatic N) is 3. The van der Waals surface area contributed by atoms with Gasteiger partial charge in [-0.3, -0.25) is 19.5 Å². The van der Waals surface area contributed by atoms with Crippen molar-refractivity contribution < 1.29 is 28.7 Å². The van der Waals surface area contributed by atoms with Crippen molar-refractivity contribution in [1.82, 2.24) is 4.57 Å². The number of hydrogen-bond donors (Lipinski definition) is 0. The molecule has 6 aromatic rings. The van der Waals surface area contributed by atoms with Gasteiger partial charge in [-0.25, -0.2) is 14.6 Å². The van der Waals surface area contributed by atoms with Crippen LogP contribution in [0.4, 0.5) is 5.69 Å². The molecule has 5 aromatic carbocycles. The van der Waals surface area contributed by atoms with Crippen LogP contribution >= 0.6 is 11.3 Å². The molecule has 1 aliphatic heterocycles. The maximum absolute atomic E-state index is 14.6. The predicted molar refractivity (Wildman–Crippen MR) is 196 cm³/mol. The lowest BCUT2D eigenvalue weighted by molar-refractivity contribution is -0.384. The van der Waals surface area contributed by atoms with Gasteiger partial charge in [0.25, 0.3) is 11.2 Å². The molecule has 0 saturated heterocycles. The van der Waals surface area contributed by atoms with Crippen LogP contribution in [-0.4, -0.2) is 35.1 Å². The molecule has 2 heterocycles. The standard InChI is InChI=1S/C40H29N3O8S/c1-3-50-39(46)34-35(25-11-5-4-6-12-25)41-40-42(36(34)27-13-9-14-29(22-27)49-2)37(44)33(52-40)23-31-30-15-8-7-10-24(30)18-21-32(31)51-38(45)26-16-19-28(20-17-26)43(47)48/h4-23,36H,3H2,1-2H3/b33-23-/t36-/m0/s1. The molecular formula is C40H29N3O8S. The highest BCUT2D eigenvalue weighted by molar-refractivity contribution is 7.07. The zero-order valence-corrected chi connectivity index (χ0v) is 28.7. The zero-order chi connectivity index (χ0) is 36.4. The number of carbonyl (C=O) groups is 2. The number of nitro groups is 1. The number of thiazole rings is 1. The zero-order valence-electron chi connectivity index (χ0n) is 27.8. The largest absolute Gasteiger partial charge is 0.497 e. The Bertz CT molecular complexity index is 2590. The van der Waals surface area contributed by atoms with Crippen molar-refractivity contribution in [2.45, 2.75) is 13.0 Å². The van der Waals surface area contributed by atoms with E-state index in [1.807, 2.05) is 60.7 Å². The predicted octanol–water partition coefficient (Wildman–Crippen LogP) is 6.22. The minimum absolute atomic E-state index is 0.113. The fraction of sp³-hybridized carbons (Fsp3) is 0.100. The van der Waals surface area contributed by atoms with Gasteiger partial charge >= 0.3 is 11.9 Å². The van der Waals surface area contributed by atoms with Gasteiger partial charge in [-0.05, 0) is 59.7 Å². The van der Waals surface area contributed by atoms with E-state index in [9.17, 15) is 24.5 Å². The highest BCUT2D eigenvalue weighted by Gasteiger charge is 2.35. The SMILES string of the molecule is CCOC(=O)C1=C(c2ccccc2)N=c2s/c(=C\c3c(OC(=O)c4ccc([N+](=O)[O-])cc4)ccc4ccccc34)c(=O)n2[C@H]1c1cccc(OC)c1. The number of nitro benzene ring substituents is 1. The summed E-state index contributed by atoms with van der Waals surface area (Å²) in [6.45, 7) is 1.83. The number of fused-ring (bicyclic) bond motifs is 2. The summed E-state index contributed by atoms with van der Waals surface area (Å²) in [6, 6.07) is 31.5. The molecule has 1 aliphatic rings. The molecule has 0 fully saturated rings. The second-order valence-corrected chi connectivity index (χ2v) is 12.6. The molecular weight excluding hydrogens is 683 g/mol. The van der Waals surface area contributed by atoms with Gasteiger partial charge < -0.3 is 14.2 Å². The van der Waals surface area contributed by atoms with Crippen LogP contribution in [0.15, 0.2) is 131 Å². The Morgan fingerprint density at radius 2 is 1.67 bits per heavy atom. The van der Waals surface area contributed by atoms with E-state index >= 15 is 0 Å². The highest BCUT2D eigenvalue weighted by atomic mass is 32.1. The maximum atomic E-state index is 14.6. The summed E-state index contributed by atoms with van der Waals surface area (Å²) in [5.74, 6) is -0.627. The summed E-state index contributed by atoms with van der Waals surface area (Å²) in [6.07, 6.45) is 1.66. The quantitative estimate of drug-likeness (QED) is 0.0745. The van der Waals surface area contributed by atoms with Crippen molar-refractivity contribution in [3.05, 3.63) is 173 Å². The molecule has 12 heteroatoms. The molecule has 0 N–H and O–H groups in total. The van der Waals surface area contributed by atoms with E-state index in [1.54, 1.807) is 43.3 Å². The Labute approximate surface area is 300 Å². The molecule has 11 nitrogen and oxygen atoms in total. The van der Waals surface area contributed by atoms with E-state index in [4.69, 9.17) is 19.2 Å². The van der Waals surface area contributed by atoms with Gasteiger partial charge in [0.2, 0.25) is 0 Å². The number of non-ortho nitro benzene ring substituents is 1. The van der Waals surface area contributed by atoms with E-state index in [2.05, 4.69) is 0 Å². The Kier molecular flexibility index (Phi) is 9.29. The third-order valence-corrected chi connectivity index (χ3v) is 9.49. The molecule has 0 aliphatic carbocycles. The van der Waals surface area contributed by atoms with Crippen LogP contribution in [0.2, 0.25) is 0 Å². The average Bonchev–Trinajstić information content (AvgIpc) is 3.49. The fourth-order valence-corrected chi connectivity index (χ4v) is 7.07. The smallest absolute Gasteiger partial charge is 0.343 e. The molecule has 0 saturated carbocycles. The van der Waals surface area contributed by atoms with Crippen LogP contribution in [0.25, 0.3) is 22.5 Å². The first kappa shape index (κ1) is 33.8. The van der Waals surface area contributed by atoms with Crippen molar-refractivity contribution in [3.8, 4) is 11.5 Å². The molecule has 0 unspecified atom stereocenters. The van der Waals surface area contributed by atoms with E-state index in [0.717, 1.165) is 16.7 Å². The number of carbonyl (C=O) groups excluding carboxylic acids is 2. The number of ether oxygens (including phenoxy) is 3. The number of aromatic nitrogens is 1. The van der Waals surface area contributed by atoms with Crippen molar-refractivity contribution in [1.29, 1.82) is 0 Å². The lowest BCUT2D eigenvalue weighted by Crippen LogP contribution is -2.40. The van der Waals surface area contributed by atoms with Crippen molar-refractivity contribution in [2.75, 3.05) is 13.7 Å². The summed E-state index contributed by atoms with van der Waals surface area (Å²) in [4.78, 5) is 57.6. The van der Waals surface area contributed by atoms with Crippen LogP contribution in [0, 0.1) is 10.1 Å². The number of esters is 2. The second kappa shape index (κ2) is 14.3. The Balaban J connectivity index is 1.45. The van der Waals surface area contributed by atoms with E-state index in [-0.39, 0.29) is 33.7 Å². The first-order chi connectivity index (χ1) is 25.3. The monoisotopic (exact) mass is 711 g/mol. The van der Waals surface area contributed by atoms with Gasteiger partial charge in [0.1, 0.15) is 11.5 Å². The summed E-state index contributed by atoms with van der Waals surface area (Å²) in [5, 5.41) is 12.7. The van der Waals surface area contributed by atoms with Gasteiger partial charge in [0.15, 0.2) is 4.80 Å². The van der Waals surface area contributed by atoms with Crippen molar-refractivity contribution in [2.24, 2.45) is 4.99 Å². The lowest BCUT2D eigenvalue weighted by atomic mass is 9.93. The molecule has 0 spiro atoms. The Hall–Kier alpha value is -6.66. The summed E-state index contributed by atoms with van der Waals surface area (Å²) in [5.41, 5.74) is 1.85. The van der Waals surface area contributed by atoms with Gasteiger partial charge in [-0.2, -0.15) is 0 Å². The third kappa shape index (κ3) is 6.38. The average molecular weight is 712 g/mol. The highest BCUT2D eigenvalue weighted by Crippen LogP contribution is 2.36. The molecule has 7 rings (SSSR count). The van der Waals surface area contributed by atoms with Gasteiger partial charge in [-0.15, -0.1) is 0 Å². The molecule has 0 bridgehead atoms. The van der Waals surface area contributed by atoms with E-state index in [1.165, 1.54) is 35.9 Å². The normalized spacial score (nSPS) is 14.0. The van der Waals surface area contributed by atoms with Crippen LogP contribution < -0.4 is 24.4 Å². The second-order valence-electron chi connectivity index (χ2n) is 11.6. The van der Waals surface area contributed by atoms with Crippen molar-refractivity contribution in [3.63, 3.8) is 0 Å². The van der Waals surface area contributed by atoms with E-state index < -0.39 is 28.5 Å². The first-order valence-electron chi connectivity index (χ1n) is 16.2. The van der Waals surface area contributed by atoms with E-state index in [0.29, 0.717) is 38.3 Å². The van der Waals surface area contributed by atoms with Crippen LogP contribution in [0.5, 0.6) is 11.5 Å². The molecule has 258 valence electrons. The Morgan fingerprint density at radius 3 is 2.40 bits per heavy atom.